The monoisotopic (exact) mass is 368 g/mol. The summed E-state index contributed by atoms with van der Waals surface area (Å²) in [7, 11) is 0. The molecular weight excluding hydrogens is 332 g/mol. The zero-order valence-electron chi connectivity index (χ0n) is 17.3. The molecule has 2 rings (SSSR count). The normalized spacial score (nSPS) is 10.9. The van der Waals surface area contributed by atoms with Gasteiger partial charge in [-0.2, -0.15) is 0 Å². The largest absolute Gasteiger partial charge is 0.494 e. The smallest absolute Gasteiger partial charge is 0.159 e. The quantitative estimate of drug-likeness (QED) is 0.336. The summed E-state index contributed by atoms with van der Waals surface area (Å²) in [6.07, 6.45) is 18.1. The maximum absolute atomic E-state index is 5.71. The van der Waals surface area contributed by atoms with Gasteiger partial charge in [0.1, 0.15) is 5.75 Å². The summed E-state index contributed by atoms with van der Waals surface area (Å²) < 4.78 is 5.71. The number of hydrogen-bond donors (Lipinski definition) is 0. The van der Waals surface area contributed by atoms with E-state index in [1.807, 2.05) is 36.7 Å². The van der Waals surface area contributed by atoms with E-state index in [4.69, 9.17) is 4.74 Å². The second kappa shape index (κ2) is 13.3. The van der Waals surface area contributed by atoms with Crippen molar-refractivity contribution in [1.29, 1.82) is 0 Å². The Balaban J connectivity index is 1.70. The molecule has 1 heterocycles. The van der Waals surface area contributed by atoms with E-state index in [0.717, 1.165) is 43.0 Å². The molecule has 27 heavy (non-hydrogen) atoms. The fraction of sp³-hybridized carbons (Fsp3) is 0.583. The maximum Gasteiger partial charge on any atom is 0.159 e. The van der Waals surface area contributed by atoms with E-state index in [9.17, 15) is 0 Å². The minimum absolute atomic E-state index is 0.778. The third-order valence-corrected chi connectivity index (χ3v) is 4.90. The molecule has 1 aromatic carbocycles. The van der Waals surface area contributed by atoms with E-state index in [-0.39, 0.29) is 0 Å². The molecule has 148 valence electrons. The number of rotatable bonds is 14. The Hall–Kier alpha value is -1.90. The van der Waals surface area contributed by atoms with Crippen molar-refractivity contribution in [3.8, 4) is 17.1 Å². The van der Waals surface area contributed by atoms with Crippen LogP contribution in [0.25, 0.3) is 11.4 Å². The Morgan fingerprint density at radius 1 is 0.704 bits per heavy atom. The number of aryl methyl sites for hydroxylation is 1. The lowest BCUT2D eigenvalue weighted by Gasteiger charge is -2.07. The van der Waals surface area contributed by atoms with Crippen LogP contribution in [0.4, 0.5) is 0 Å². The highest BCUT2D eigenvalue weighted by Gasteiger charge is 2.03. The minimum Gasteiger partial charge on any atom is -0.494 e. The summed E-state index contributed by atoms with van der Waals surface area (Å²) in [5, 5.41) is 0. The lowest BCUT2D eigenvalue weighted by Crippen LogP contribution is -1.96. The van der Waals surface area contributed by atoms with Gasteiger partial charge in [-0.15, -0.1) is 0 Å². The lowest BCUT2D eigenvalue weighted by molar-refractivity contribution is 0.309. The van der Waals surface area contributed by atoms with Crippen LogP contribution in [0.1, 0.15) is 83.6 Å². The number of nitrogens with zero attached hydrogens (tertiary/aromatic N) is 2. The second-order valence-electron chi connectivity index (χ2n) is 7.37. The SMILES string of the molecule is CCCCCCCCCCc1cnc(-c2ccc(OCCCC)cc2)nc1. The van der Waals surface area contributed by atoms with Crippen LogP contribution in [0.2, 0.25) is 0 Å². The highest BCUT2D eigenvalue weighted by atomic mass is 16.5. The van der Waals surface area contributed by atoms with Crippen molar-refractivity contribution in [3.63, 3.8) is 0 Å². The van der Waals surface area contributed by atoms with Crippen molar-refractivity contribution in [3.05, 3.63) is 42.2 Å². The van der Waals surface area contributed by atoms with Crippen molar-refractivity contribution >= 4 is 0 Å². The third kappa shape index (κ3) is 8.55. The molecule has 0 aliphatic carbocycles. The van der Waals surface area contributed by atoms with Crippen LogP contribution in [0.15, 0.2) is 36.7 Å². The van der Waals surface area contributed by atoms with Gasteiger partial charge in [0.25, 0.3) is 0 Å². The van der Waals surface area contributed by atoms with Gasteiger partial charge < -0.3 is 4.74 Å². The van der Waals surface area contributed by atoms with Gasteiger partial charge in [-0.05, 0) is 49.1 Å². The van der Waals surface area contributed by atoms with Gasteiger partial charge in [0.05, 0.1) is 6.61 Å². The Morgan fingerprint density at radius 2 is 1.30 bits per heavy atom. The molecule has 0 aliphatic rings. The Kier molecular flexibility index (Phi) is 10.5. The van der Waals surface area contributed by atoms with Gasteiger partial charge in [0.15, 0.2) is 5.82 Å². The molecule has 0 bridgehead atoms. The molecule has 1 aromatic heterocycles. The van der Waals surface area contributed by atoms with Crippen LogP contribution >= 0.6 is 0 Å². The van der Waals surface area contributed by atoms with E-state index >= 15 is 0 Å². The first kappa shape index (κ1) is 21.4. The highest BCUT2D eigenvalue weighted by molar-refractivity contribution is 5.55. The minimum atomic E-state index is 0.778. The molecule has 3 nitrogen and oxygen atoms in total. The zero-order chi connectivity index (χ0) is 19.2. The molecule has 0 spiro atoms. The van der Waals surface area contributed by atoms with E-state index in [2.05, 4.69) is 23.8 Å². The first-order valence-corrected chi connectivity index (χ1v) is 10.9. The summed E-state index contributed by atoms with van der Waals surface area (Å²) in [5.74, 6) is 1.70. The van der Waals surface area contributed by atoms with Crippen LogP contribution in [-0.2, 0) is 6.42 Å². The summed E-state index contributed by atoms with van der Waals surface area (Å²) >= 11 is 0. The number of hydrogen-bond acceptors (Lipinski definition) is 3. The van der Waals surface area contributed by atoms with Gasteiger partial charge >= 0.3 is 0 Å². The third-order valence-electron chi connectivity index (χ3n) is 4.90. The van der Waals surface area contributed by atoms with E-state index in [0.29, 0.717) is 0 Å². The molecule has 0 saturated heterocycles. The average molecular weight is 369 g/mol. The van der Waals surface area contributed by atoms with Gasteiger partial charge in [-0.25, -0.2) is 9.97 Å². The summed E-state index contributed by atoms with van der Waals surface area (Å²) in [6, 6.07) is 8.08. The van der Waals surface area contributed by atoms with Crippen LogP contribution in [0, 0.1) is 0 Å². The molecule has 0 amide bonds. The maximum atomic E-state index is 5.71. The van der Waals surface area contributed by atoms with E-state index in [1.54, 1.807) is 0 Å². The van der Waals surface area contributed by atoms with E-state index < -0.39 is 0 Å². The standard InChI is InChI=1S/C24H36N2O/c1-3-5-7-8-9-10-11-12-13-21-19-25-24(26-20-21)22-14-16-23(17-15-22)27-18-6-4-2/h14-17,19-20H,3-13,18H2,1-2H3. The molecule has 0 radical (unpaired) electrons. The van der Waals surface area contributed by atoms with Crippen LogP contribution in [-0.4, -0.2) is 16.6 Å². The van der Waals surface area contributed by atoms with Crippen molar-refractivity contribution < 1.29 is 4.74 Å². The van der Waals surface area contributed by atoms with Crippen LogP contribution < -0.4 is 4.74 Å². The summed E-state index contributed by atoms with van der Waals surface area (Å²) in [6.45, 7) is 5.22. The molecule has 0 unspecified atom stereocenters. The summed E-state index contributed by atoms with van der Waals surface area (Å²) in [4.78, 5) is 9.10. The molecule has 3 heteroatoms. The predicted octanol–water partition coefficient (Wildman–Crippen LogP) is 7.01. The molecule has 0 N–H and O–H groups in total. The first-order valence-electron chi connectivity index (χ1n) is 10.9. The Bertz CT molecular complexity index is 607. The molecule has 2 aromatic rings. The Morgan fingerprint density at radius 3 is 1.93 bits per heavy atom. The number of ether oxygens (including phenoxy) is 1. The van der Waals surface area contributed by atoms with Gasteiger partial charge in [0, 0.05) is 18.0 Å². The number of unbranched alkanes of at least 4 members (excludes halogenated alkanes) is 8. The number of benzene rings is 1. The molecule has 0 aliphatic heterocycles. The van der Waals surface area contributed by atoms with E-state index in [1.165, 1.54) is 56.9 Å². The number of aromatic nitrogens is 2. The summed E-state index contributed by atoms with van der Waals surface area (Å²) in [5.41, 5.74) is 2.28. The first-order chi connectivity index (χ1) is 13.3. The van der Waals surface area contributed by atoms with Crippen LogP contribution in [0.3, 0.4) is 0 Å². The van der Waals surface area contributed by atoms with Crippen molar-refractivity contribution in [2.45, 2.75) is 84.5 Å². The predicted molar refractivity (Wildman–Crippen MR) is 114 cm³/mol. The van der Waals surface area contributed by atoms with Crippen molar-refractivity contribution in [1.82, 2.24) is 9.97 Å². The fourth-order valence-electron chi connectivity index (χ4n) is 3.13. The van der Waals surface area contributed by atoms with Crippen LogP contribution in [0.5, 0.6) is 5.75 Å². The van der Waals surface area contributed by atoms with Gasteiger partial charge in [-0.1, -0.05) is 65.2 Å². The zero-order valence-corrected chi connectivity index (χ0v) is 17.3. The molecular formula is C24H36N2O. The van der Waals surface area contributed by atoms with Gasteiger partial charge in [0.2, 0.25) is 0 Å². The Labute approximate surface area is 165 Å². The van der Waals surface area contributed by atoms with Crippen molar-refractivity contribution in [2.75, 3.05) is 6.61 Å². The highest BCUT2D eigenvalue weighted by Crippen LogP contribution is 2.20. The van der Waals surface area contributed by atoms with Crippen molar-refractivity contribution in [2.24, 2.45) is 0 Å². The second-order valence-corrected chi connectivity index (χ2v) is 7.37. The van der Waals surface area contributed by atoms with Gasteiger partial charge in [-0.3, -0.25) is 0 Å². The molecule has 0 saturated carbocycles. The lowest BCUT2D eigenvalue weighted by atomic mass is 10.1. The fourth-order valence-corrected chi connectivity index (χ4v) is 3.13. The molecule has 0 atom stereocenters. The average Bonchev–Trinajstić information content (AvgIpc) is 2.71. The molecule has 0 fully saturated rings. The topological polar surface area (TPSA) is 35.0 Å².